The van der Waals surface area contributed by atoms with E-state index in [-0.39, 0.29) is 29.7 Å². The third-order valence-corrected chi connectivity index (χ3v) is 6.94. The lowest BCUT2D eigenvalue weighted by Gasteiger charge is -2.39. The molecule has 7 heteroatoms. The van der Waals surface area contributed by atoms with Crippen molar-refractivity contribution in [1.82, 2.24) is 14.7 Å². The number of carbonyl (C=O) groups excluding carboxylic acids is 3. The fraction of sp³-hybridized carbons (Fsp3) is 0.464. The van der Waals surface area contributed by atoms with Crippen molar-refractivity contribution in [3.63, 3.8) is 0 Å². The average Bonchev–Trinajstić information content (AvgIpc) is 2.87. The van der Waals surface area contributed by atoms with E-state index in [1.165, 1.54) is 5.56 Å². The van der Waals surface area contributed by atoms with Crippen LogP contribution in [-0.4, -0.2) is 71.2 Å². The normalized spacial score (nSPS) is 18.8. The second-order valence-corrected chi connectivity index (χ2v) is 9.70. The topological polar surface area (TPSA) is 70.2 Å². The van der Waals surface area contributed by atoms with Gasteiger partial charge < -0.3 is 19.4 Å². The molecule has 2 unspecified atom stereocenters. The van der Waals surface area contributed by atoms with Crippen molar-refractivity contribution in [3.05, 3.63) is 65.2 Å². The number of amides is 3. The highest BCUT2D eigenvalue weighted by Gasteiger charge is 2.34. The van der Waals surface area contributed by atoms with Crippen molar-refractivity contribution in [2.45, 2.75) is 46.3 Å². The first kappa shape index (κ1) is 24.8. The molecule has 0 radical (unpaired) electrons. The maximum absolute atomic E-state index is 13.1. The molecule has 0 spiro atoms. The van der Waals surface area contributed by atoms with E-state index in [0.717, 1.165) is 17.5 Å². The Morgan fingerprint density at radius 1 is 0.857 bits per heavy atom. The fourth-order valence-electron chi connectivity index (χ4n) is 4.98. The van der Waals surface area contributed by atoms with Crippen LogP contribution < -0.4 is 4.74 Å². The standard InChI is InChI=1S/C28H35N3O4/c1-19(2)27(33)31-13-12-22-10-11-24(18-25(22)26(31)23-8-6-5-7-9-23)35-20(3)28(34)30-16-14-29(15-17-30)21(4)32/h5-11,18-20,26H,12-17H2,1-4H3. The van der Waals surface area contributed by atoms with Gasteiger partial charge in [0.15, 0.2) is 6.10 Å². The third-order valence-electron chi connectivity index (χ3n) is 6.94. The highest BCUT2D eigenvalue weighted by atomic mass is 16.5. The number of carbonyl (C=O) groups is 3. The Hall–Kier alpha value is -3.35. The molecule has 0 saturated carbocycles. The lowest BCUT2D eigenvalue weighted by molar-refractivity contribution is -0.143. The molecular formula is C28H35N3O4. The van der Waals surface area contributed by atoms with Crippen LogP contribution in [0.5, 0.6) is 5.75 Å². The predicted octanol–water partition coefficient (Wildman–Crippen LogP) is 3.27. The molecule has 2 heterocycles. The number of rotatable bonds is 5. The van der Waals surface area contributed by atoms with E-state index in [1.54, 1.807) is 23.6 Å². The van der Waals surface area contributed by atoms with Gasteiger partial charge in [0.05, 0.1) is 6.04 Å². The lowest BCUT2D eigenvalue weighted by atomic mass is 9.87. The van der Waals surface area contributed by atoms with Crippen LogP contribution in [0.15, 0.2) is 48.5 Å². The second kappa shape index (κ2) is 10.5. The second-order valence-electron chi connectivity index (χ2n) is 9.70. The van der Waals surface area contributed by atoms with Crippen molar-refractivity contribution in [3.8, 4) is 5.75 Å². The lowest BCUT2D eigenvalue weighted by Crippen LogP contribution is -2.52. The summed E-state index contributed by atoms with van der Waals surface area (Å²) in [6, 6.07) is 15.8. The van der Waals surface area contributed by atoms with E-state index in [2.05, 4.69) is 18.2 Å². The summed E-state index contributed by atoms with van der Waals surface area (Å²) < 4.78 is 6.12. The molecule has 2 atom stereocenters. The summed E-state index contributed by atoms with van der Waals surface area (Å²) in [6.07, 6.45) is 0.135. The first-order valence-corrected chi connectivity index (χ1v) is 12.5. The highest BCUT2D eigenvalue weighted by molar-refractivity contribution is 5.82. The molecule has 1 fully saturated rings. The van der Waals surface area contributed by atoms with Gasteiger partial charge in [0.25, 0.3) is 5.91 Å². The number of fused-ring (bicyclic) bond motifs is 1. The van der Waals surface area contributed by atoms with Crippen LogP contribution in [0.2, 0.25) is 0 Å². The van der Waals surface area contributed by atoms with Gasteiger partial charge in [-0.2, -0.15) is 0 Å². The molecule has 1 saturated heterocycles. The van der Waals surface area contributed by atoms with Crippen molar-refractivity contribution < 1.29 is 19.1 Å². The molecule has 2 aliphatic heterocycles. The van der Waals surface area contributed by atoms with E-state index in [4.69, 9.17) is 4.74 Å². The zero-order valence-corrected chi connectivity index (χ0v) is 21.1. The Morgan fingerprint density at radius 3 is 2.14 bits per heavy atom. The van der Waals surface area contributed by atoms with Gasteiger partial charge in [-0.3, -0.25) is 14.4 Å². The van der Waals surface area contributed by atoms with Crippen molar-refractivity contribution in [2.24, 2.45) is 5.92 Å². The monoisotopic (exact) mass is 477 g/mol. The molecule has 35 heavy (non-hydrogen) atoms. The van der Waals surface area contributed by atoms with Crippen LogP contribution in [0, 0.1) is 5.92 Å². The number of ether oxygens (including phenoxy) is 1. The summed E-state index contributed by atoms with van der Waals surface area (Å²) in [5.41, 5.74) is 3.30. The first-order valence-electron chi connectivity index (χ1n) is 12.5. The van der Waals surface area contributed by atoms with Gasteiger partial charge in [-0.15, -0.1) is 0 Å². The maximum atomic E-state index is 13.1. The highest BCUT2D eigenvalue weighted by Crippen LogP contribution is 2.38. The minimum atomic E-state index is -0.649. The zero-order chi connectivity index (χ0) is 25.1. The van der Waals surface area contributed by atoms with Crippen LogP contribution in [0.25, 0.3) is 0 Å². The molecule has 2 aromatic rings. The minimum Gasteiger partial charge on any atom is -0.481 e. The Bertz CT molecular complexity index is 1080. The maximum Gasteiger partial charge on any atom is 0.263 e. The molecule has 0 aromatic heterocycles. The zero-order valence-electron chi connectivity index (χ0n) is 21.1. The Kier molecular flexibility index (Phi) is 7.43. The summed E-state index contributed by atoms with van der Waals surface area (Å²) in [5.74, 6) is 0.606. The van der Waals surface area contributed by atoms with Crippen molar-refractivity contribution in [2.75, 3.05) is 32.7 Å². The Labute approximate surface area is 207 Å². The third kappa shape index (κ3) is 5.34. The van der Waals surface area contributed by atoms with E-state index < -0.39 is 6.10 Å². The van der Waals surface area contributed by atoms with Crippen LogP contribution in [0.1, 0.15) is 50.4 Å². The first-order chi connectivity index (χ1) is 16.8. The molecule has 2 aliphatic rings. The number of hydrogen-bond donors (Lipinski definition) is 0. The van der Waals surface area contributed by atoms with Gasteiger partial charge in [0.2, 0.25) is 11.8 Å². The quantitative estimate of drug-likeness (QED) is 0.663. The van der Waals surface area contributed by atoms with Crippen molar-refractivity contribution in [1.29, 1.82) is 0 Å². The van der Waals surface area contributed by atoms with Gasteiger partial charge >= 0.3 is 0 Å². The number of benzene rings is 2. The summed E-state index contributed by atoms with van der Waals surface area (Å²) in [5, 5.41) is 0. The minimum absolute atomic E-state index is 0.0356. The van der Waals surface area contributed by atoms with Gasteiger partial charge in [0.1, 0.15) is 5.75 Å². The summed E-state index contributed by atoms with van der Waals surface area (Å²) in [7, 11) is 0. The van der Waals surface area contributed by atoms with Crippen LogP contribution >= 0.6 is 0 Å². The smallest absolute Gasteiger partial charge is 0.263 e. The van der Waals surface area contributed by atoms with E-state index in [9.17, 15) is 14.4 Å². The largest absolute Gasteiger partial charge is 0.481 e. The van der Waals surface area contributed by atoms with Crippen LogP contribution in [0.4, 0.5) is 0 Å². The summed E-state index contributed by atoms with van der Waals surface area (Å²) in [4.78, 5) is 43.2. The molecule has 7 nitrogen and oxygen atoms in total. The number of piperazine rings is 1. The Balaban J connectivity index is 1.55. The molecule has 186 valence electrons. The summed E-state index contributed by atoms with van der Waals surface area (Å²) >= 11 is 0. The fourth-order valence-corrected chi connectivity index (χ4v) is 4.98. The van der Waals surface area contributed by atoms with Crippen LogP contribution in [-0.2, 0) is 20.8 Å². The van der Waals surface area contributed by atoms with Gasteiger partial charge in [0, 0.05) is 45.6 Å². The predicted molar refractivity (Wildman–Crippen MR) is 134 cm³/mol. The van der Waals surface area contributed by atoms with E-state index >= 15 is 0 Å². The van der Waals surface area contributed by atoms with E-state index in [1.807, 2.05) is 49.1 Å². The summed E-state index contributed by atoms with van der Waals surface area (Å²) in [6.45, 7) is 9.98. The van der Waals surface area contributed by atoms with Gasteiger partial charge in [-0.1, -0.05) is 50.2 Å². The Morgan fingerprint density at radius 2 is 1.51 bits per heavy atom. The molecule has 0 bridgehead atoms. The molecule has 0 N–H and O–H groups in total. The molecular weight excluding hydrogens is 442 g/mol. The number of nitrogens with zero attached hydrogens (tertiary/aromatic N) is 3. The average molecular weight is 478 g/mol. The van der Waals surface area contributed by atoms with Crippen molar-refractivity contribution >= 4 is 17.7 Å². The van der Waals surface area contributed by atoms with Crippen LogP contribution in [0.3, 0.4) is 0 Å². The molecule has 0 aliphatic carbocycles. The molecule has 4 rings (SSSR count). The van der Waals surface area contributed by atoms with Gasteiger partial charge in [-0.25, -0.2) is 0 Å². The SMILES string of the molecule is CC(=O)N1CCN(C(=O)C(C)Oc2ccc3c(c2)C(c2ccccc2)N(C(=O)C(C)C)CC3)CC1. The molecule has 3 amide bonds. The molecule has 2 aromatic carbocycles. The number of hydrogen-bond acceptors (Lipinski definition) is 4. The van der Waals surface area contributed by atoms with E-state index in [0.29, 0.717) is 38.5 Å². The van der Waals surface area contributed by atoms with Gasteiger partial charge in [-0.05, 0) is 42.2 Å².